The fourth-order valence-corrected chi connectivity index (χ4v) is 15.8. The summed E-state index contributed by atoms with van der Waals surface area (Å²) in [6.07, 6.45) is 3.71. The molecule has 0 bridgehead atoms. The van der Waals surface area contributed by atoms with Gasteiger partial charge in [-0.2, -0.15) is 5.26 Å². The van der Waals surface area contributed by atoms with Crippen molar-refractivity contribution in [1.29, 1.82) is 5.26 Å². The third-order valence-electron chi connectivity index (χ3n) is 18.7. The van der Waals surface area contributed by atoms with Crippen molar-refractivity contribution in [2.24, 2.45) is 0 Å². The van der Waals surface area contributed by atoms with E-state index in [9.17, 15) is 5.26 Å². The topological polar surface area (TPSA) is 51.5 Å². The number of benzene rings is 12. The summed E-state index contributed by atoms with van der Waals surface area (Å²) in [5, 5.41) is 22.2. The largest absolute Gasteiger partial charge is 0.309 e. The second-order valence-corrected chi connectivity index (χ2v) is 25.7. The third kappa shape index (κ3) is 8.24. The number of pyridine rings is 1. The van der Waals surface area contributed by atoms with E-state index in [1.165, 1.54) is 85.9 Å². The van der Waals surface area contributed by atoms with Gasteiger partial charge in [0.25, 0.3) is 0 Å². The summed E-state index contributed by atoms with van der Waals surface area (Å²) < 4.78 is 9.61. The van der Waals surface area contributed by atoms with Gasteiger partial charge < -0.3 is 13.7 Å². The Balaban J connectivity index is 0.990. The van der Waals surface area contributed by atoms with Gasteiger partial charge in [0, 0.05) is 93.1 Å². The normalized spacial score (nSPS) is 11.9. The maximum Gasteiger partial charge on any atom is 0.100 e. The zero-order chi connectivity index (χ0) is 60.6. The van der Waals surface area contributed by atoms with Crippen LogP contribution in [0.25, 0.3) is 158 Å². The van der Waals surface area contributed by atoms with E-state index in [1.54, 1.807) is 0 Å². The fourth-order valence-electron chi connectivity index (χ4n) is 14.7. The molecule has 0 aliphatic heterocycles. The molecule has 426 valence electrons. The molecule has 0 aliphatic rings. The molecule has 0 radical (unpaired) electrons. The average Bonchev–Trinajstić information content (AvgIpc) is 1.40. The quantitative estimate of drug-likeness (QED) is 0.152. The van der Waals surface area contributed by atoms with E-state index in [0.29, 0.717) is 5.56 Å². The molecule has 5 nitrogen and oxygen atoms in total. The Bertz CT molecular complexity index is 5710. The van der Waals surface area contributed by atoms with E-state index in [0.717, 1.165) is 106 Å². The summed E-state index contributed by atoms with van der Waals surface area (Å²) in [7, 11) is 0. The first-order valence-corrected chi connectivity index (χ1v) is 31.7. The van der Waals surface area contributed by atoms with Gasteiger partial charge in [-0.25, -0.2) is 0 Å². The van der Waals surface area contributed by atoms with Gasteiger partial charge in [-0.3, -0.25) is 4.98 Å². The number of rotatable bonds is 8. The molecular formula is C84H59N5S. The molecule has 0 aliphatic carbocycles. The van der Waals surface area contributed by atoms with Crippen molar-refractivity contribution in [1.82, 2.24) is 18.7 Å². The second-order valence-electron chi connectivity index (χ2n) is 24.6. The smallest absolute Gasteiger partial charge is 0.100 e. The molecule has 5 heterocycles. The molecule has 6 heteroatoms. The number of hydrogen-bond acceptors (Lipinski definition) is 3. The minimum atomic E-state index is 0.585. The molecule has 0 saturated carbocycles. The van der Waals surface area contributed by atoms with Crippen molar-refractivity contribution in [3.63, 3.8) is 0 Å². The van der Waals surface area contributed by atoms with E-state index in [4.69, 9.17) is 0 Å². The predicted molar refractivity (Wildman–Crippen MR) is 380 cm³/mol. The van der Waals surface area contributed by atoms with E-state index in [2.05, 4.69) is 303 Å². The summed E-state index contributed by atoms with van der Waals surface area (Å²) in [6.45, 7) is 13.0. The molecular weight excluding hydrogens is 1110 g/mol. The lowest BCUT2D eigenvalue weighted by molar-refractivity contribution is 1.18. The number of hydrogen-bond donors (Lipinski definition) is 0. The number of nitriles is 1. The van der Waals surface area contributed by atoms with Crippen LogP contribution < -0.4 is 0 Å². The number of fused-ring (bicyclic) bond motifs is 12. The minimum Gasteiger partial charge on any atom is -0.309 e. The summed E-state index contributed by atoms with van der Waals surface area (Å²) in [5.74, 6) is 0. The number of thiophene rings is 1. The number of aryl methyl sites for hydroxylation is 6. The summed E-state index contributed by atoms with van der Waals surface area (Å²) in [6, 6.07) is 90.7. The molecule has 12 aromatic carbocycles. The van der Waals surface area contributed by atoms with Crippen LogP contribution in [0.4, 0.5) is 0 Å². The van der Waals surface area contributed by atoms with Crippen LogP contribution in [0.1, 0.15) is 38.9 Å². The first-order chi connectivity index (χ1) is 44.0. The van der Waals surface area contributed by atoms with Crippen molar-refractivity contribution in [2.45, 2.75) is 41.5 Å². The number of nitrogens with zero attached hydrogens (tertiary/aromatic N) is 5. The van der Waals surface area contributed by atoms with Crippen molar-refractivity contribution in [3.05, 3.63) is 288 Å². The highest BCUT2D eigenvalue weighted by Gasteiger charge is 2.31. The van der Waals surface area contributed by atoms with E-state index < -0.39 is 0 Å². The molecule has 0 amide bonds. The highest BCUT2D eigenvalue weighted by atomic mass is 32.1. The molecule has 0 unspecified atom stereocenters. The van der Waals surface area contributed by atoms with Gasteiger partial charge in [-0.05, 0) is 220 Å². The van der Waals surface area contributed by atoms with Gasteiger partial charge >= 0.3 is 0 Å². The van der Waals surface area contributed by atoms with E-state index >= 15 is 0 Å². The first kappa shape index (κ1) is 53.2. The van der Waals surface area contributed by atoms with E-state index in [1.807, 2.05) is 23.7 Å². The molecule has 17 rings (SSSR count). The maximum atomic E-state index is 12.4. The molecule has 0 N–H and O–H groups in total. The summed E-state index contributed by atoms with van der Waals surface area (Å²) in [5.41, 5.74) is 27.7. The zero-order valence-electron chi connectivity index (χ0n) is 50.8. The Labute approximate surface area is 525 Å². The predicted octanol–water partition coefficient (Wildman–Crippen LogP) is 22.8. The van der Waals surface area contributed by atoms with Crippen LogP contribution >= 0.6 is 11.3 Å². The lowest BCUT2D eigenvalue weighted by Gasteiger charge is -2.27. The Kier molecular flexibility index (Phi) is 12.1. The van der Waals surface area contributed by atoms with E-state index in [-0.39, 0.29) is 0 Å². The Morgan fingerprint density at radius 1 is 0.311 bits per heavy atom. The maximum absolute atomic E-state index is 12.4. The van der Waals surface area contributed by atoms with Crippen LogP contribution in [0.3, 0.4) is 0 Å². The van der Waals surface area contributed by atoms with Gasteiger partial charge in [-0.15, -0.1) is 11.3 Å². The van der Waals surface area contributed by atoms with Crippen LogP contribution in [0, 0.1) is 52.9 Å². The Morgan fingerprint density at radius 3 is 1.01 bits per heavy atom. The SMILES string of the molecule is Cc1ccc2c(c1)c1cc(C)ccc1n2-c1ccc(-c2c(C#N)c(-c3ccncc3)c(-c3ccc(-n4c5ccc(C)cc5c5cc(C)ccc54)cc3)c(-c3cccc4sc5ccccc5c34)c2-c2ccc(-n3c4ccc(C)cc4c4cc(C)ccc43)cc2)cc1. The fraction of sp³-hybridized carbons (Fsp3) is 0.0714. The standard InChI is InChI=1S/C84H59N5S/c1-49-14-32-71-64(42-49)65-43-50(2)15-33-72(65)87(71)59-26-20-55(21-27-59)79-70(48-85)80(58-38-40-86-41-39-58)82(57-24-30-61(31-25-57)89-75-36-18-53(5)46-68(75)69-47-54(6)19-37-76(69)89)84(63-11-9-13-78-83(63)62-10-7-8-12-77(62)90-78)81(79)56-22-28-60(29-23-56)88-73-34-16-51(3)44-66(73)67-45-52(4)17-35-74(67)88/h7-47H,1-6H3. The van der Waals surface area contributed by atoms with Crippen LogP contribution in [0.15, 0.2) is 249 Å². The molecule has 0 spiro atoms. The molecule has 5 aromatic heterocycles. The summed E-state index contributed by atoms with van der Waals surface area (Å²) >= 11 is 1.82. The third-order valence-corrected chi connectivity index (χ3v) is 19.9. The highest BCUT2D eigenvalue weighted by molar-refractivity contribution is 7.26. The molecule has 0 atom stereocenters. The van der Waals surface area contributed by atoms with Crippen molar-refractivity contribution in [3.8, 4) is 78.8 Å². The van der Waals surface area contributed by atoms with Crippen molar-refractivity contribution < 1.29 is 0 Å². The lowest BCUT2D eigenvalue weighted by Crippen LogP contribution is -2.03. The Hall–Kier alpha value is -11.1. The lowest BCUT2D eigenvalue weighted by atomic mass is 9.75. The molecule has 0 fully saturated rings. The van der Waals surface area contributed by atoms with Gasteiger partial charge in [0.1, 0.15) is 6.07 Å². The van der Waals surface area contributed by atoms with Crippen LogP contribution in [0.2, 0.25) is 0 Å². The van der Waals surface area contributed by atoms with Crippen molar-refractivity contribution >= 4 is 96.9 Å². The molecule has 90 heavy (non-hydrogen) atoms. The minimum absolute atomic E-state index is 0.585. The first-order valence-electron chi connectivity index (χ1n) is 30.9. The van der Waals surface area contributed by atoms with Crippen molar-refractivity contribution in [2.75, 3.05) is 0 Å². The van der Waals surface area contributed by atoms with Crippen LogP contribution in [-0.4, -0.2) is 18.7 Å². The number of aromatic nitrogens is 4. The van der Waals surface area contributed by atoms with Gasteiger partial charge in [-0.1, -0.05) is 137 Å². The van der Waals surface area contributed by atoms with Gasteiger partial charge in [0.15, 0.2) is 0 Å². The Morgan fingerprint density at radius 2 is 0.644 bits per heavy atom. The molecule has 0 saturated heterocycles. The zero-order valence-corrected chi connectivity index (χ0v) is 51.6. The summed E-state index contributed by atoms with van der Waals surface area (Å²) in [4.78, 5) is 4.60. The average molecular weight is 1170 g/mol. The highest BCUT2D eigenvalue weighted by Crippen LogP contribution is 2.55. The second kappa shape index (κ2) is 20.5. The van der Waals surface area contributed by atoms with Crippen LogP contribution in [-0.2, 0) is 0 Å². The van der Waals surface area contributed by atoms with Crippen LogP contribution in [0.5, 0.6) is 0 Å². The molecule has 17 aromatic rings. The van der Waals surface area contributed by atoms with Gasteiger partial charge in [0.05, 0.1) is 38.7 Å². The monoisotopic (exact) mass is 1170 g/mol. The van der Waals surface area contributed by atoms with Gasteiger partial charge in [0.2, 0.25) is 0 Å².